The molecule has 4 heteroatoms. The molecule has 0 bridgehead atoms. The molecule has 0 heterocycles. The van der Waals surface area contributed by atoms with E-state index in [1.165, 1.54) is 7.11 Å². The maximum absolute atomic E-state index is 10.3. The zero-order chi connectivity index (χ0) is 13.2. The summed E-state index contributed by atoms with van der Waals surface area (Å²) in [4.78, 5) is 0. The highest BCUT2D eigenvalue weighted by Gasteiger charge is 2.29. The quantitative estimate of drug-likeness (QED) is 0.879. The standard InChI is InChI=1S/C13H18Cl2O2/c1-5-13(2,3)12(16)8-6-10(15)11(17-4)7-9(8)14/h6-7,12,16H,5H2,1-4H3. The minimum atomic E-state index is -0.650. The predicted molar refractivity (Wildman–Crippen MR) is 72.0 cm³/mol. The number of methoxy groups -OCH3 is 1. The number of ether oxygens (including phenoxy) is 1. The molecule has 1 aromatic rings. The molecule has 1 N–H and O–H groups in total. The molecular formula is C13H18Cl2O2. The normalized spacial score (nSPS) is 13.6. The average molecular weight is 277 g/mol. The fraction of sp³-hybridized carbons (Fsp3) is 0.538. The lowest BCUT2D eigenvalue weighted by molar-refractivity contribution is 0.0466. The van der Waals surface area contributed by atoms with Crippen LogP contribution >= 0.6 is 23.2 Å². The monoisotopic (exact) mass is 276 g/mol. The smallest absolute Gasteiger partial charge is 0.138 e. The van der Waals surface area contributed by atoms with Crippen LogP contribution in [0.5, 0.6) is 5.75 Å². The largest absolute Gasteiger partial charge is 0.495 e. The first kappa shape index (κ1) is 14.6. The summed E-state index contributed by atoms with van der Waals surface area (Å²) in [5.74, 6) is 0.516. The molecule has 0 saturated carbocycles. The number of halogens is 2. The third kappa shape index (κ3) is 3.06. The van der Waals surface area contributed by atoms with Crippen molar-refractivity contribution in [2.45, 2.75) is 33.3 Å². The first-order valence-corrected chi connectivity index (χ1v) is 6.30. The van der Waals surface area contributed by atoms with Crippen LogP contribution in [0.4, 0.5) is 0 Å². The van der Waals surface area contributed by atoms with Crippen molar-refractivity contribution in [1.82, 2.24) is 0 Å². The molecule has 0 aliphatic heterocycles. The average Bonchev–Trinajstić information content (AvgIpc) is 2.30. The summed E-state index contributed by atoms with van der Waals surface area (Å²) in [6.07, 6.45) is 0.192. The van der Waals surface area contributed by atoms with Crippen LogP contribution in [0.3, 0.4) is 0 Å². The van der Waals surface area contributed by atoms with Crippen molar-refractivity contribution in [3.05, 3.63) is 27.7 Å². The molecule has 1 aromatic carbocycles. The van der Waals surface area contributed by atoms with Gasteiger partial charge in [0.15, 0.2) is 0 Å². The Morgan fingerprint density at radius 2 is 1.88 bits per heavy atom. The molecule has 17 heavy (non-hydrogen) atoms. The highest BCUT2D eigenvalue weighted by atomic mass is 35.5. The molecule has 0 saturated heterocycles. The van der Waals surface area contributed by atoms with Gasteiger partial charge in [0.1, 0.15) is 5.75 Å². The van der Waals surface area contributed by atoms with Gasteiger partial charge in [-0.1, -0.05) is 44.0 Å². The van der Waals surface area contributed by atoms with Gasteiger partial charge >= 0.3 is 0 Å². The van der Waals surface area contributed by atoms with Gasteiger partial charge in [0.25, 0.3) is 0 Å². The van der Waals surface area contributed by atoms with Gasteiger partial charge in [0.05, 0.1) is 23.3 Å². The van der Waals surface area contributed by atoms with E-state index in [9.17, 15) is 5.11 Å². The Balaban J connectivity index is 3.19. The number of hydrogen-bond acceptors (Lipinski definition) is 2. The van der Waals surface area contributed by atoms with Crippen LogP contribution in [0.2, 0.25) is 10.0 Å². The van der Waals surface area contributed by atoms with E-state index in [0.29, 0.717) is 21.4 Å². The lowest BCUT2D eigenvalue weighted by Crippen LogP contribution is -2.21. The van der Waals surface area contributed by atoms with Crippen molar-refractivity contribution in [3.8, 4) is 5.75 Å². The fourth-order valence-corrected chi connectivity index (χ4v) is 2.03. The molecule has 0 spiro atoms. The highest BCUT2D eigenvalue weighted by Crippen LogP contribution is 2.42. The van der Waals surface area contributed by atoms with E-state index >= 15 is 0 Å². The van der Waals surface area contributed by atoms with Gasteiger partial charge in [-0.25, -0.2) is 0 Å². The van der Waals surface area contributed by atoms with Gasteiger partial charge in [-0.15, -0.1) is 0 Å². The third-order valence-corrected chi connectivity index (χ3v) is 3.84. The van der Waals surface area contributed by atoms with E-state index in [0.717, 1.165) is 6.42 Å². The minimum absolute atomic E-state index is 0.248. The van der Waals surface area contributed by atoms with Crippen molar-refractivity contribution in [3.63, 3.8) is 0 Å². The van der Waals surface area contributed by atoms with Crippen molar-refractivity contribution >= 4 is 23.2 Å². The second kappa shape index (κ2) is 5.47. The van der Waals surface area contributed by atoms with Crippen molar-refractivity contribution in [2.24, 2.45) is 5.41 Å². The van der Waals surface area contributed by atoms with Crippen LogP contribution in [-0.2, 0) is 0 Å². The summed E-state index contributed by atoms with van der Waals surface area (Å²) in [6.45, 7) is 6.01. The fourth-order valence-electron chi connectivity index (χ4n) is 1.52. The number of aliphatic hydroxyl groups is 1. The first-order chi connectivity index (χ1) is 7.83. The van der Waals surface area contributed by atoms with E-state index in [-0.39, 0.29) is 5.41 Å². The van der Waals surface area contributed by atoms with Gasteiger partial charge < -0.3 is 9.84 Å². The van der Waals surface area contributed by atoms with E-state index in [2.05, 4.69) is 0 Å². The maximum atomic E-state index is 10.3. The van der Waals surface area contributed by atoms with Crippen LogP contribution in [0.25, 0.3) is 0 Å². The number of aliphatic hydroxyl groups excluding tert-OH is 1. The van der Waals surface area contributed by atoms with Crippen LogP contribution in [0.15, 0.2) is 12.1 Å². The molecule has 0 aliphatic rings. The van der Waals surface area contributed by atoms with Gasteiger partial charge in [0, 0.05) is 11.6 Å². The molecular weight excluding hydrogens is 259 g/mol. The van der Waals surface area contributed by atoms with Crippen molar-refractivity contribution in [2.75, 3.05) is 7.11 Å². The Hall–Kier alpha value is -0.440. The zero-order valence-corrected chi connectivity index (χ0v) is 12.1. The molecule has 2 nitrogen and oxygen atoms in total. The molecule has 1 atom stereocenters. The minimum Gasteiger partial charge on any atom is -0.495 e. The summed E-state index contributed by atoms with van der Waals surface area (Å²) in [5, 5.41) is 11.3. The lowest BCUT2D eigenvalue weighted by atomic mass is 9.80. The molecule has 0 amide bonds. The van der Waals surface area contributed by atoms with Gasteiger partial charge in [-0.2, -0.15) is 0 Å². The summed E-state index contributed by atoms with van der Waals surface area (Å²) in [5.41, 5.74) is 0.394. The Bertz CT molecular complexity index is 403. The van der Waals surface area contributed by atoms with Gasteiger partial charge in [0.2, 0.25) is 0 Å². The SMILES string of the molecule is CCC(C)(C)C(O)c1cc(Cl)c(OC)cc1Cl. The highest BCUT2D eigenvalue weighted by molar-refractivity contribution is 6.34. The molecule has 0 aliphatic carbocycles. The second-order valence-electron chi connectivity index (χ2n) is 4.75. The van der Waals surface area contributed by atoms with E-state index in [4.69, 9.17) is 27.9 Å². The first-order valence-electron chi connectivity index (χ1n) is 5.54. The molecule has 1 rings (SSSR count). The number of rotatable bonds is 4. The summed E-state index contributed by atoms with van der Waals surface area (Å²) in [6, 6.07) is 3.30. The molecule has 0 fully saturated rings. The molecule has 96 valence electrons. The molecule has 0 radical (unpaired) electrons. The van der Waals surface area contributed by atoms with E-state index in [1.54, 1.807) is 12.1 Å². The topological polar surface area (TPSA) is 29.5 Å². The summed E-state index contributed by atoms with van der Waals surface area (Å²) >= 11 is 12.2. The molecule has 1 unspecified atom stereocenters. The van der Waals surface area contributed by atoms with Crippen molar-refractivity contribution in [1.29, 1.82) is 0 Å². The van der Waals surface area contributed by atoms with Crippen LogP contribution in [-0.4, -0.2) is 12.2 Å². The van der Waals surface area contributed by atoms with E-state index in [1.807, 2.05) is 20.8 Å². The van der Waals surface area contributed by atoms with E-state index < -0.39 is 6.10 Å². The maximum Gasteiger partial charge on any atom is 0.138 e. The van der Waals surface area contributed by atoms with Crippen LogP contribution < -0.4 is 4.74 Å². The summed E-state index contributed by atoms with van der Waals surface area (Å²) < 4.78 is 5.07. The van der Waals surface area contributed by atoms with Crippen LogP contribution in [0.1, 0.15) is 38.9 Å². The Labute approximate surface area is 113 Å². The third-order valence-electron chi connectivity index (χ3n) is 3.22. The van der Waals surface area contributed by atoms with Gasteiger partial charge in [-0.3, -0.25) is 0 Å². The second-order valence-corrected chi connectivity index (χ2v) is 5.57. The van der Waals surface area contributed by atoms with Crippen LogP contribution in [0, 0.1) is 5.41 Å². The number of benzene rings is 1. The predicted octanol–water partition coefficient (Wildman–Crippen LogP) is 4.47. The molecule has 0 aromatic heterocycles. The van der Waals surface area contributed by atoms with Gasteiger partial charge in [-0.05, 0) is 17.9 Å². The van der Waals surface area contributed by atoms with Crippen molar-refractivity contribution < 1.29 is 9.84 Å². The zero-order valence-electron chi connectivity index (χ0n) is 10.6. The number of hydrogen-bond donors (Lipinski definition) is 1. The Kier molecular flexibility index (Phi) is 4.70. The lowest BCUT2D eigenvalue weighted by Gasteiger charge is -2.30. The Morgan fingerprint density at radius 1 is 1.29 bits per heavy atom. The Morgan fingerprint density at radius 3 is 2.35 bits per heavy atom. The summed E-state index contributed by atoms with van der Waals surface area (Å²) in [7, 11) is 1.53.